The van der Waals surface area contributed by atoms with Gasteiger partial charge in [-0.1, -0.05) is 0 Å². The Morgan fingerprint density at radius 3 is 2.88 bits per heavy atom. The Balaban J connectivity index is 1.72. The zero-order valence-electron chi connectivity index (χ0n) is 15.7. The summed E-state index contributed by atoms with van der Waals surface area (Å²) in [6, 6.07) is 2.05. The van der Waals surface area contributed by atoms with Crippen LogP contribution in [0.5, 0.6) is 6.01 Å². The summed E-state index contributed by atoms with van der Waals surface area (Å²) in [5, 5.41) is 0.818. The third kappa shape index (κ3) is 3.74. The standard InChI is InChI=1S/C19H24N4O3/c1-6-15-14-9-11-22(5)16(14)21-17(20-15)25-12-13-8-7-10-23(13)18(24)26-19(2,3)4/h1,9,11,13H,7-8,10,12H2,2-5H3/t13-/m0/s1. The molecule has 1 aliphatic rings. The summed E-state index contributed by atoms with van der Waals surface area (Å²) in [7, 11) is 1.89. The van der Waals surface area contributed by atoms with Crippen molar-refractivity contribution in [2.45, 2.75) is 45.3 Å². The second-order valence-corrected chi connectivity index (χ2v) is 7.44. The van der Waals surface area contributed by atoms with E-state index in [-0.39, 0.29) is 18.1 Å². The van der Waals surface area contributed by atoms with Gasteiger partial charge in [0, 0.05) is 19.8 Å². The molecule has 0 aromatic carbocycles. The molecule has 0 unspecified atom stereocenters. The molecule has 3 heterocycles. The molecular weight excluding hydrogens is 332 g/mol. The number of nitrogens with zero attached hydrogens (tertiary/aromatic N) is 4. The fraction of sp³-hybridized carbons (Fsp3) is 0.526. The van der Waals surface area contributed by atoms with Gasteiger partial charge in [-0.2, -0.15) is 9.97 Å². The van der Waals surface area contributed by atoms with Crippen molar-refractivity contribution in [2.24, 2.45) is 7.05 Å². The maximum absolute atomic E-state index is 12.4. The summed E-state index contributed by atoms with van der Waals surface area (Å²) < 4.78 is 13.1. The molecule has 26 heavy (non-hydrogen) atoms. The fourth-order valence-electron chi connectivity index (χ4n) is 3.03. The van der Waals surface area contributed by atoms with E-state index in [2.05, 4.69) is 15.9 Å². The lowest BCUT2D eigenvalue weighted by Crippen LogP contribution is -2.42. The summed E-state index contributed by atoms with van der Waals surface area (Å²) in [6.07, 6.45) is 8.90. The van der Waals surface area contributed by atoms with Gasteiger partial charge in [0.25, 0.3) is 0 Å². The SMILES string of the molecule is C#Cc1nc(OC[C@@H]2CCCN2C(=O)OC(C)(C)C)nc2c1ccn2C. The monoisotopic (exact) mass is 356 g/mol. The number of amides is 1. The number of ether oxygens (including phenoxy) is 2. The van der Waals surface area contributed by atoms with Gasteiger partial charge in [-0.05, 0) is 45.6 Å². The Kier molecular flexibility index (Phi) is 4.77. The van der Waals surface area contributed by atoms with Crippen molar-refractivity contribution in [2.75, 3.05) is 13.2 Å². The van der Waals surface area contributed by atoms with Crippen LogP contribution >= 0.6 is 0 Å². The van der Waals surface area contributed by atoms with Gasteiger partial charge in [-0.25, -0.2) is 4.79 Å². The largest absolute Gasteiger partial charge is 0.461 e. The first-order valence-corrected chi connectivity index (χ1v) is 8.70. The van der Waals surface area contributed by atoms with Crippen LogP contribution in [0.1, 0.15) is 39.3 Å². The third-order valence-electron chi connectivity index (χ3n) is 4.25. The minimum absolute atomic E-state index is 0.0631. The van der Waals surface area contributed by atoms with Gasteiger partial charge in [-0.3, -0.25) is 0 Å². The molecular formula is C19H24N4O3. The predicted molar refractivity (Wildman–Crippen MR) is 97.9 cm³/mol. The number of likely N-dealkylation sites (tertiary alicyclic amines) is 1. The van der Waals surface area contributed by atoms with E-state index >= 15 is 0 Å². The molecule has 7 heteroatoms. The van der Waals surface area contributed by atoms with Gasteiger partial charge in [0.15, 0.2) is 0 Å². The highest BCUT2D eigenvalue weighted by Gasteiger charge is 2.32. The third-order valence-corrected chi connectivity index (χ3v) is 4.25. The Hall–Kier alpha value is -2.75. The summed E-state index contributed by atoms with van der Waals surface area (Å²) in [5.41, 5.74) is 0.701. The molecule has 0 aliphatic carbocycles. The van der Waals surface area contributed by atoms with Crippen LogP contribution in [-0.4, -0.2) is 50.3 Å². The number of hydrogen-bond acceptors (Lipinski definition) is 5. The van der Waals surface area contributed by atoms with Crippen LogP contribution in [0, 0.1) is 12.3 Å². The van der Waals surface area contributed by atoms with Gasteiger partial charge in [-0.15, -0.1) is 6.42 Å². The Morgan fingerprint density at radius 2 is 2.19 bits per heavy atom. The van der Waals surface area contributed by atoms with Crippen molar-refractivity contribution in [1.29, 1.82) is 0 Å². The Morgan fingerprint density at radius 1 is 1.42 bits per heavy atom. The minimum atomic E-state index is -0.520. The number of terminal acetylenes is 1. The average molecular weight is 356 g/mol. The number of hydrogen-bond donors (Lipinski definition) is 0. The van der Waals surface area contributed by atoms with E-state index in [1.165, 1.54) is 0 Å². The smallest absolute Gasteiger partial charge is 0.410 e. The zero-order chi connectivity index (χ0) is 18.9. The first-order chi connectivity index (χ1) is 12.3. The summed E-state index contributed by atoms with van der Waals surface area (Å²) in [6.45, 7) is 6.54. The predicted octanol–water partition coefficient (Wildman–Crippen LogP) is 2.73. The van der Waals surface area contributed by atoms with Crippen molar-refractivity contribution in [3.05, 3.63) is 18.0 Å². The van der Waals surface area contributed by atoms with E-state index in [0.717, 1.165) is 23.9 Å². The zero-order valence-corrected chi connectivity index (χ0v) is 15.7. The molecule has 1 aliphatic heterocycles. The molecule has 3 rings (SSSR count). The molecule has 1 saturated heterocycles. The van der Waals surface area contributed by atoms with Crippen LogP contribution in [0.3, 0.4) is 0 Å². The Labute approximate surface area is 153 Å². The number of aromatic nitrogens is 3. The molecule has 0 radical (unpaired) electrons. The van der Waals surface area contributed by atoms with Gasteiger partial charge in [0.1, 0.15) is 23.5 Å². The van der Waals surface area contributed by atoms with Crippen molar-refractivity contribution >= 4 is 17.1 Å². The van der Waals surface area contributed by atoms with Crippen molar-refractivity contribution < 1.29 is 14.3 Å². The van der Waals surface area contributed by atoms with Gasteiger partial charge in [0.05, 0.1) is 11.4 Å². The quantitative estimate of drug-likeness (QED) is 0.791. The molecule has 2 aromatic rings. The van der Waals surface area contributed by atoms with E-state index in [1.54, 1.807) is 4.90 Å². The lowest BCUT2D eigenvalue weighted by Gasteiger charge is -2.28. The first-order valence-electron chi connectivity index (χ1n) is 8.70. The van der Waals surface area contributed by atoms with E-state index in [0.29, 0.717) is 18.8 Å². The fourth-order valence-corrected chi connectivity index (χ4v) is 3.03. The van der Waals surface area contributed by atoms with Gasteiger partial charge < -0.3 is 18.9 Å². The molecule has 1 atom stereocenters. The maximum Gasteiger partial charge on any atom is 0.410 e. The van der Waals surface area contributed by atoms with Crippen molar-refractivity contribution in [3.63, 3.8) is 0 Å². The van der Waals surface area contributed by atoms with Crippen LogP contribution in [-0.2, 0) is 11.8 Å². The lowest BCUT2D eigenvalue weighted by atomic mass is 10.2. The molecule has 0 spiro atoms. The number of carbonyl (C=O) groups is 1. The highest BCUT2D eigenvalue weighted by Crippen LogP contribution is 2.23. The van der Waals surface area contributed by atoms with E-state index in [1.807, 2.05) is 44.6 Å². The summed E-state index contributed by atoms with van der Waals surface area (Å²) in [5.74, 6) is 2.58. The Bertz CT molecular complexity index is 860. The van der Waals surface area contributed by atoms with Crippen LogP contribution in [0.4, 0.5) is 4.79 Å². The average Bonchev–Trinajstić information content (AvgIpc) is 3.18. The second kappa shape index (κ2) is 6.87. The second-order valence-electron chi connectivity index (χ2n) is 7.44. The first kappa shape index (κ1) is 18.1. The highest BCUT2D eigenvalue weighted by molar-refractivity contribution is 5.81. The van der Waals surface area contributed by atoms with E-state index in [9.17, 15) is 4.79 Å². The lowest BCUT2D eigenvalue weighted by molar-refractivity contribution is 0.0184. The molecule has 1 amide bonds. The molecule has 0 N–H and O–H groups in total. The molecule has 138 valence electrons. The molecule has 0 bridgehead atoms. The van der Waals surface area contributed by atoms with Crippen molar-refractivity contribution in [3.8, 4) is 18.4 Å². The topological polar surface area (TPSA) is 69.5 Å². The number of aryl methyl sites for hydroxylation is 1. The van der Waals surface area contributed by atoms with Crippen LogP contribution < -0.4 is 4.74 Å². The summed E-state index contributed by atoms with van der Waals surface area (Å²) >= 11 is 0. The highest BCUT2D eigenvalue weighted by atomic mass is 16.6. The van der Waals surface area contributed by atoms with E-state index < -0.39 is 5.60 Å². The summed E-state index contributed by atoms with van der Waals surface area (Å²) in [4.78, 5) is 22.8. The van der Waals surface area contributed by atoms with Crippen LogP contribution in [0.25, 0.3) is 11.0 Å². The molecule has 2 aromatic heterocycles. The van der Waals surface area contributed by atoms with Gasteiger partial charge in [0.2, 0.25) is 0 Å². The van der Waals surface area contributed by atoms with Gasteiger partial charge >= 0.3 is 12.1 Å². The number of carbonyl (C=O) groups excluding carboxylic acids is 1. The van der Waals surface area contributed by atoms with Crippen molar-refractivity contribution in [1.82, 2.24) is 19.4 Å². The normalized spacial score (nSPS) is 17.3. The minimum Gasteiger partial charge on any atom is -0.461 e. The van der Waals surface area contributed by atoms with Crippen LogP contribution in [0.2, 0.25) is 0 Å². The molecule has 7 nitrogen and oxygen atoms in total. The number of fused-ring (bicyclic) bond motifs is 1. The van der Waals surface area contributed by atoms with Crippen LogP contribution in [0.15, 0.2) is 12.3 Å². The molecule has 1 fully saturated rings. The molecule has 0 saturated carbocycles. The maximum atomic E-state index is 12.4. The number of rotatable bonds is 3. The van der Waals surface area contributed by atoms with E-state index in [4.69, 9.17) is 15.9 Å².